The molecule has 2 heterocycles. The van der Waals surface area contributed by atoms with E-state index in [1.165, 1.54) is 41.9 Å². The third-order valence-electron chi connectivity index (χ3n) is 4.39. The zero-order valence-corrected chi connectivity index (χ0v) is 13.2. The molecule has 1 aliphatic carbocycles. The first kappa shape index (κ1) is 14.7. The molecule has 21 heavy (non-hydrogen) atoms. The molecule has 1 aliphatic heterocycles. The Morgan fingerprint density at radius 1 is 1.14 bits per heavy atom. The number of aliphatic hydroxyl groups is 1. The summed E-state index contributed by atoms with van der Waals surface area (Å²) in [5, 5.41) is 20.1. The molecule has 0 radical (unpaired) electrons. The molecule has 3 rings (SSSR count). The zero-order chi connectivity index (χ0) is 14.8. The van der Waals surface area contributed by atoms with Gasteiger partial charge in [-0.15, -0.1) is 10.2 Å². The molecule has 6 nitrogen and oxygen atoms in total. The van der Waals surface area contributed by atoms with E-state index >= 15 is 0 Å². The molecule has 2 fully saturated rings. The number of hydrogen-bond acceptors (Lipinski definition) is 5. The monoisotopic (exact) mass is 310 g/mol. The minimum Gasteiger partial charge on any atom is -0.373 e. The Kier molecular flexibility index (Phi) is 4.40. The number of aromatic nitrogens is 2. The van der Waals surface area contributed by atoms with Crippen LogP contribution in [0.25, 0.3) is 0 Å². The van der Waals surface area contributed by atoms with E-state index in [1.54, 1.807) is 11.9 Å². The van der Waals surface area contributed by atoms with Crippen LogP contribution in [0, 0.1) is 0 Å². The van der Waals surface area contributed by atoms with Gasteiger partial charge in [-0.1, -0.05) is 37.0 Å². The first-order valence-electron chi connectivity index (χ1n) is 7.72. The van der Waals surface area contributed by atoms with Crippen LogP contribution < -0.4 is 4.90 Å². The fourth-order valence-corrected chi connectivity index (χ4v) is 4.12. The van der Waals surface area contributed by atoms with Crippen LogP contribution in [0.3, 0.4) is 0 Å². The number of hydrogen-bond donors (Lipinski definition) is 1. The Bertz CT molecular complexity index is 499. The Morgan fingerprint density at radius 3 is 2.57 bits per heavy atom. The van der Waals surface area contributed by atoms with E-state index in [-0.39, 0.29) is 6.03 Å². The molecule has 1 atom stereocenters. The van der Waals surface area contributed by atoms with Crippen molar-refractivity contribution in [1.82, 2.24) is 15.1 Å². The van der Waals surface area contributed by atoms with Crippen LogP contribution in [-0.4, -0.2) is 46.1 Å². The van der Waals surface area contributed by atoms with Crippen molar-refractivity contribution < 1.29 is 9.90 Å². The van der Waals surface area contributed by atoms with Crippen molar-refractivity contribution in [3.63, 3.8) is 0 Å². The van der Waals surface area contributed by atoms with Crippen LogP contribution in [0.2, 0.25) is 0 Å². The molecular formula is C14H22N4O2S. The summed E-state index contributed by atoms with van der Waals surface area (Å²) in [5.41, 5.74) is 0. The normalized spacial score (nSPS) is 25.2. The summed E-state index contributed by atoms with van der Waals surface area (Å²) in [6.07, 6.45) is 7.16. The van der Waals surface area contributed by atoms with Gasteiger partial charge in [-0.25, -0.2) is 9.69 Å². The van der Waals surface area contributed by atoms with Gasteiger partial charge in [0.05, 0.1) is 0 Å². The zero-order valence-electron chi connectivity index (χ0n) is 12.4. The quantitative estimate of drug-likeness (QED) is 0.852. The molecule has 2 amide bonds. The molecule has 1 unspecified atom stereocenters. The third-order valence-corrected chi connectivity index (χ3v) is 5.48. The average molecular weight is 310 g/mol. The number of carbonyl (C=O) groups is 1. The molecule has 2 aliphatic rings. The first-order chi connectivity index (χ1) is 10.2. The number of carbonyl (C=O) groups excluding carboxylic acids is 1. The van der Waals surface area contributed by atoms with E-state index in [9.17, 15) is 9.90 Å². The summed E-state index contributed by atoms with van der Waals surface area (Å²) in [6, 6.07) is -0.197. The lowest BCUT2D eigenvalue weighted by Gasteiger charge is -2.35. The summed E-state index contributed by atoms with van der Waals surface area (Å²) in [7, 11) is 1.74. The third kappa shape index (κ3) is 3.03. The van der Waals surface area contributed by atoms with Gasteiger partial charge in [0.2, 0.25) is 5.13 Å². The van der Waals surface area contributed by atoms with Crippen molar-refractivity contribution in [2.24, 2.45) is 0 Å². The molecule has 7 heteroatoms. The number of amides is 2. The van der Waals surface area contributed by atoms with E-state index in [0.29, 0.717) is 24.0 Å². The number of nitrogens with zero attached hydrogens (tertiary/aromatic N) is 4. The number of urea groups is 1. The lowest BCUT2D eigenvalue weighted by atomic mass is 10.0. The van der Waals surface area contributed by atoms with Gasteiger partial charge in [0.15, 0.2) is 0 Å². The van der Waals surface area contributed by atoms with Gasteiger partial charge in [-0.05, 0) is 12.8 Å². The molecule has 0 aromatic carbocycles. The SMILES string of the molecule is CN1CCC(O)N(c2nnc(C3CCCCCC3)s2)C1=O. The van der Waals surface area contributed by atoms with Gasteiger partial charge in [0.1, 0.15) is 11.2 Å². The van der Waals surface area contributed by atoms with Gasteiger partial charge in [-0.2, -0.15) is 0 Å². The molecule has 1 N–H and O–H groups in total. The maximum atomic E-state index is 12.2. The van der Waals surface area contributed by atoms with Crippen molar-refractivity contribution in [3.05, 3.63) is 5.01 Å². The second-order valence-corrected chi connectivity index (χ2v) is 6.94. The highest BCUT2D eigenvalue weighted by Gasteiger charge is 2.34. The molecule has 1 saturated carbocycles. The second-order valence-electron chi connectivity index (χ2n) is 5.95. The van der Waals surface area contributed by atoms with E-state index in [0.717, 1.165) is 17.8 Å². The van der Waals surface area contributed by atoms with Crippen molar-refractivity contribution in [2.45, 2.75) is 57.1 Å². The Labute approximate surface area is 128 Å². The summed E-state index contributed by atoms with van der Waals surface area (Å²) in [5.74, 6) is 0.466. The minimum atomic E-state index is -0.788. The smallest absolute Gasteiger partial charge is 0.328 e. The molecule has 1 aromatic heterocycles. The van der Waals surface area contributed by atoms with E-state index in [2.05, 4.69) is 10.2 Å². The number of rotatable bonds is 2. The van der Waals surface area contributed by atoms with Gasteiger partial charge in [0, 0.05) is 25.9 Å². The minimum absolute atomic E-state index is 0.197. The summed E-state index contributed by atoms with van der Waals surface area (Å²) < 4.78 is 0. The molecule has 116 valence electrons. The Balaban J connectivity index is 1.78. The van der Waals surface area contributed by atoms with Gasteiger partial charge < -0.3 is 10.0 Å². The highest BCUT2D eigenvalue weighted by Crippen LogP contribution is 2.36. The summed E-state index contributed by atoms with van der Waals surface area (Å²) in [4.78, 5) is 15.2. The highest BCUT2D eigenvalue weighted by molar-refractivity contribution is 7.15. The second kappa shape index (κ2) is 6.27. The van der Waals surface area contributed by atoms with Crippen LogP contribution >= 0.6 is 11.3 Å². The van der Waals surface area contributed by atoms with Crippen molar-refractivity contribution in [3.8, 4) is 0 Å². The van der Waals surface area contributed by atoms with Crippen LogP contribution in [0.4, 0.5) is 9.93 Å². The van der Waals surface area contributed by atoms with Crippen LogP contribution in [0.1, 0.15) is 55.9 Å². The molecule has 1 aromatic rings. The number of anilines is 1. The maximum absolute atomic E-state index is 12.2. The predicted octanol–water partition coefficient (Wildman–Crippen LogP) is 2.56. The van der Waals surface area contributed by atoms with E-state index in [4.69, 9.17) is 0 Å². The summed E-state index contributed by atoms with van der Waals surface area (Å²) in [6.45, 7) is 0.574. The first-order valence-corrected chi connectivity index (χ1v) is 8.54. The van der Waals surface area contributed by atoms with Gasteiger partial charge in [-0.3, -0.25) is 0 Å². The lowest BCUT2D eigenvalue weighted by Crippen LogP contribution is -2.53. The molecule has 0 bridgehead atoms. The topological polar surface area (TPSA) is 69.6 Å². The van der Waals surface area contributed by atoms with Crippen LogP contribution in [-0.2, 0) is 0 Å². The Hall–Kier alpha value is -1.21. The largest absolute Gasteiger partial charge is 0.373 e. The fourth-order valence-electron chi connectivity index (χ4n) is 3.07. The predicted molar refractivity (Wildman–Crippen MR) is 81.5 cm³/mol. The van der Waals surface area contributed by atoms with Crippen molar-refractivity contribution >= 4 is 22.5 Å². The fraction of sp³-hybridized carbons (Fsp3) is 0.786. The standard InChI is InChI=1S/C14H22N4O2S/c1-17-9-8-11(19)18(14(17)20)13-16-15-12(21-13)10-6-4-2-3-5-7-10/h10-11,19H,2-9H2,1H3. The van der Waals surface area contributed by atoms with Gasteiger partial charge in [0.25, 0.3) is 0 Å². The molecular weight excluding hydrogens is 288 g/mol. The summed E-state index contributed by atoms with van der Waals surface area (Å²) >= 11 is 1.46. The van der Waals surface area contributed by atoms with E-state index in [1.807, 2.05) is 0 Å². The van der Waals surface area contributed by atoms with Gasteiger partial charge >= 0.3 is 6.03 Å². The maximum Gasteiger partial charge on any atom is 0.328 e. The Morgan fingerprint density at radius 2 is 1.86 bits per heavy atom. The van der Waals surface area contributed by atoms with Crippen molar-refractivity contribution in [2.75, 3.05) is 18.5 Å². The number of aliphatic hydroxyl groups excluding tert-OH is 1. The van der Waals surface area contributed by atoms with Crippen LogP contribution in [0.15, 0.2) is 0 Å². The molecule has 0 spiro atoms. The van der Waals surface area contributed by atoms with Crippen molar-refractivity contribution in [1.29, 1.82) is 0 Å². The average Bonchev–Trinajstić information content (AvgIpc) is 2.78. The molecule has 1 saturated heterocycles. The highest BCUT2D eigenvalue weighted by atomic mass is 32.1. The lowest BCUT2D eigenvalue weighted by molar-refractivity contribution is 0.116. The van der Waals surface area contributed by atoms with E-state index < -0.39 is 6.23 Å². The van der Waals surface area contributed by atoms with Crippen LogP contribution in [0.5, 0.6) is 0 Å².